The number of nitriles is 1. The molecule has 2 unspecified atom stereocenters. The van der Waals surface area contributed by atoms with Crippen LogP contribution in [0.25, 0.3) is 0 Å². The third-order valence-corrected chi connectivity index (χ3v) is 7.80. The molecule has 2 aromatic rings. The van der Waals surface area contributed by atoms with Crippen LogP contribution in [0.1, 0.15) is 57.4 Å². The summed E-state index contributed by atoms with van der Waals surface area (Å²) in [4.78, 5) is 4.65. The van der Waals surface area contributed by atoms with E-state index in [2.05, 4.69) is 79.5 Å². The highest BCUT2D eigenvalue weighted by atomic mass is 79.9. The fourth-order valence-corrected chi connectivity index (χ4v) is 6.19. The molecular weight excluding hydrogens is 472 g/mol. The zero-order valence-electron chi connectivity index (χ0n) is 18.5. The minimum atomic E-state index is -0.104. The zero-order valence-corrected chi connectivity index (χ0v) is 20.8. The van der Waals surface area contributed by atoms with E-state index in [-0.39, 0.29) is 22.9 Å². The van der Waals surface area contributed by atoms with Crippen molar-refractivity contribution in [1.82, 2.24) is 4.98 Å². The Hall–Kier alpha value is -2.01. The summed E-state index contributed by atoms with van der Waals surface area (Å²) >= 11 is 9.67. The quantitative estimate of drug-likeness (QED) is 0.339. The molecule has 1 saturated carbocycles. The minimum Gasteiger partial charge on any atom is -0.489 e. The van der Waals surface area contributed by atoms with Crippen molar-refractivity contribution in [3.05, 3.63) is 56.8 Å². The van der Waals surface area contributed by atoms with Gasteiger partial charge in [0.15, 0.2) is 0 Å². The van der Waals surface area contributed by atoms with Gasteiger partial charge in [0.1, 0.15) is 22.5 Å². The first-order chi connectivity index (χ1) is 14.6. The summed E-state index contributed by atoms with van der Waals surface area (Å²) in [5.41, 5.74) is 2.72. The van der Waals surface area contributed by atoms with E-state index in [1.165, 1.54) is 5.56 Å². The van der Waals surface area contributed by atoms with Crippen LogP contribution in [0.5, 0.6) is 5.75 Å². The Morgan fingerprint density at radius 3 is 2.48 bits per heavy atom. The van der Waals surface area contributed by atoms with E-state index in [4.69, 9.17) is 21.6 Å². The number of aromatic nitrogens is 1. The number of hydrogen-bond donors (Lipinski definition) is 0. The van der Waals surface area contributed by atoms with Gasteiger partial charge >= 0.3 is 0 Å². The highest BCUT2D eigenvalue weighted by Crippen LogP contribution is 2.60. The smallest absolute Gasteiger partial charge is 0.121 e. The Labute approximate surface area is 198 Å². The van der Waals surface area contributed by atoms with Gasteiger partial charge in [-0.1, -0.05) is 64.1 Å². The average molecular weight is 498 g/mol. The number of hydrogen-bond acceptors (Lipinski definition) is 3. The first kappa shape index (κ1) is 22.2. The highest BCUT2D eigenvalue weighted by Gasteiger charge is 2.63. The van der Waals surface area contributed by atoms with E-state index in [0.29, 0.717) is 28.2 Å². The SMILES string of the molecule is CC1c2ccc(Br)nc2CC1C#C[C@H]1C(C)(C)[C@H](Oc2ccc(C#N)c(Cl)c2)C1(C)C. The van der Waals surface area contributed by atoms with Crippen LogP contribution in [-0.2, 0) is 6.42 Å². The van der Waals surface area contributed by atoms with Gasteiger partial charge in [0.05, 0.1) is 10.6 Å². The number of pyridine rings is 1. The Kier molecular flexibility index (Phi) is 5.61. The van der Waals surface area contributed by atoms with Gasteiger partial charge in [-0.3, -0.25) is 0 Å². The molecule has 0 N–H and O–H groups in total. The molecule has 0 amide bonds. The van der Waals surface area contributed by atoms with Gasteiger partial charge in [0, 0.05) is 40.8 Å². The Balaban J connectivity index is 1.52. The third kappa shape index (κ3) is 3.75. The van der Waals surface area contributed by atoms with Crippen LogP contribution in [-0.4, -0.2) is 11.1 Å². The molecule has 1 heterocycles. The summed E-state index contributed by atoms with van der Waals surface area (Å²) < 4.78 is 7.26. The van der Waals surface area contributed by atoms with Crippen LogP contribution in [0.15, 0.2) is 34.9 Å². The molecular formula is C26H26BrClN2O. The molecule has 1 aromatic heterocycles. The van der Waals surface area contributed by atoms with Crippen LogP contribution < -0.4 is 4.74 Å². The van der Waals surface area contributed by atoms with E-state index >= 15 is 0 Å². The number of rotatable bonds is 2. The first-order valence-corrected chi connectivity index (χ1v) is 11.8. The molecule has 0 radical (unpaired) electrons. The van der Waals surface area contributed by atoms with Gasteiger partial charge in [0.25, 0.3) is 0 Å². The molecule has 160 valence electrons. The molecule has 0 spiro atoms. The van der Waals surface area contributed by atoms with Gasteiger partial charge in [-0.05, 0) is 45.6 Å². The summed E-state index contributed by atoms with van der Waals surface area (Å²) in [6.07, 6.45) is 0.902. The summed E-state index contributed by atoms with van der Waals surface area (Å²) in [5.74, 6) is 8.82. The first-order valence-electron chi connectivity index (χ1n) is 10.6. The molecule has 1 fully saturated rings. The molecule has 4 rings (SSSR count). The van der Waals surface area contributed by atoms with Crippen molar-refractivity contribution in [3.8, 4) is 23.7 Å². The second-order valence-electron chi connectivity index (χ2n) is 9.88. The van der Waals surface area contributed by atoms with Crippen LogP contribution in [0.3, 0.4) is 0 Å². The number of nitrogens with zero attached hydrogens (tertiary/aromatic N) is 2. The van der Waals surface area contributed by atoms with Crippen LogP contribution >= 0.6 is 27.5 Å². The number of halogens is 2. The van der Waals surface area contributed by atoms with Gasteiger partial charge in [0.2, 0.25) is 0 Å². The third-order valence-electron chi connectivity index (χ3n) is 7.05. The van der Waals surface area contributed by atoms with Gasteiger partial charge in [-0.25, -0.2) is 4.98 Å². The standard InChI is InChI=1S/C26H26BrClN2O/c1-15-16(12-21-19(15)9-11-23(27)30-21)7-10-22-25(2,3)24(26(22,4)5)31-18-8-6-17(14-29)20(28)13-18/h6,8-9,11,13,15-16,22,24H,12H2,1-5H3/t15?,16?,22-,24-. The molecule has 31 heavy (non-hydrogen) atoms. The summed E-state index contributed by atoms with van der Waals surface area (Å²) in [7, 11) is 0. The normalized spacial score (nSPS) is 27.3. The maximum atomic E-state index is 9.09. The predicted octanol–water partition coefficient (Wildman–Crippen LogP) is 6.78. The van der Waals surface area contributed by atoms with E-state index in [9.17, 15) is 0 Å². The molecule has 5 heteroatoms. The van der Waals surface area contributed by atoms with Crippen LogP contribution in [0.4, 0.5) is 0 Å². The lowest BCUT2D eigenvalue weighted by Gasteiger charge is -2.61. The largest absolute Gasteiger partial charge is 0.489 e. The van der Waals surface area contributed by atoms with E-state index in [1.54, 1.807) is 12.1 Å². The number of ether oxygens (including phenoxy) is 1. The van der Waals surface area contributed by atoms with Crippen LogP contribution in [0.2, 0.25) is 5.02 Å². The monoisotopic (exact) mass is 496 g/mol. The minimum absolute atomic E-state index is 0.000812. The molecule has 0 bridgehead atoms. The number of benzene rings is 1. The van der Waals surface area contributed by atoms with Crippen molar-refractivity contribution >= 4 is 27.5 Å². The van der Waals surface area contributed by atoms with Gasteiger partial charge < -0.3 is 4.74 Å². The van der Waals surface area contributed by atoms with Crippen molar-refractivity contribution < 1.29 is 4.74 Å². The fraction of sp³-hybridized carbons (Fsp3) is 0.462. The summed E-state index contributed by atoms with van der Waals surface area (Å²) in [6, 6.07) is 11.5. The second kappa shape index (κ2) is 7.84. The molecule has 1 aromatic carbocycles. The fourth-order valence-electron chi connectivity index (χ4n) is 5.63. The van der Waals surface area contributed by atoms with Crippen LogP contribution in [0, 0.1) is 45.8 Å². The molecule has 3 nitrogen and oxygen atoms in total. The molecule has 0 aliphatic heterocycles. The van der Waals surface area contributed by atoms with E-state index in [1.807, 2.05) is 12.1 Å². The van der Waals surface area contributed by atoms with Gasteiger partial charge in [-0.2, -0.15) is 5.26 Å². The lowest BCUT2D eigenvalue weighted by atomic mass is 9.46. The van der Waals surface area contributed by atoms with E-state index in [0.717, 1.165) is 16.7 Å². The maximum Gasteiger partial charge on any atom is 0.121 e. The molecule has 2 aliphatic carbocycles. The second-order valence-corrected chi connectivity index (χ2v) is 11.1. The van der Waals surface area contributed by atoms with E-state index < -0.39 is 0 Å². The number of fused-ring (bicyclic) bond motifs is 1. The topological polar surface area (TPSA) is 45.9 Å². The Bertz CT molecular complexity index is 1120. The maximum absolute atomic E-state index is 9.09. The zero-order chi connectivity index (χ0) is 22.6. The molecule has 0 saturated heterocycles. The predicted molar refractivity (Wildman–Crippen MR) is 127 cm³/mol. The summed E-state index contributed by atoms with van der Waals surface area (Å²) in [5, 5.41) is 9.51. The lowest BCUT2D eigenvalue weighted by Crippen LogP contribution is -2.65. The molecule has 2 aliphatic rings. The van der Waals surface area contributed by atoms with Crippen molar-refractivity contribution in [1.29, 1.82) is 5.26 Å². The van der Waals surface area contributed by atoms with Crippen molar-refractivity contribution in [2.24, 2.45) is 22.7 Å². The van der Waals surface area contributed by atoms with Crippen molar-refractivity contribution in [2.75, 3.05) is 0 Å². The van der Waals surface area contributed by atoms with Gasteiger partial charge in [-0.15, -0.1) is 0 Å². The Morgan fingerprint density at radius 1 is 1.13 bits per heavy atom. The van der Waals surface area contributed by atoms with Crippen molar-refractivity contribution in [3.63, 3.8) is 0 Å². The average Bonchev–Trinajstić information content (AvgIpc) is 3.00. The lowest BCUT2D eigenvalue weighted by molar-refractivity contribution is -0.172. The van der Waals surface area contributed by atoms with Crippen molar-refractivity contribution in [2.45, 2.75) is 53.1 Å². The molecule has 2 atom stereocenters. The summed E-state index contributed by atoms with van der Waals surface area (Å²) in [6.45, 7) is 11.1. The highest BCUT2D eigenvalue weighted by molar-refractivity contribution is 9.10. The Morgan fingerprint density at radius 2 is 1.84 bits per heavy atom.